The quantitative estimate of drug-likeness (QED) is 0.210. The minimum Gasteiger partial charge on any atom is -0.456 e. The van der Waals surface area contributed by atoms with Crippen LogP contribution < -0.4 is 0 Å². The fraction of sp³-hybridized carbons (Fsp3) is 0. The van der Waals surface area contributed by atoms with Crippen molar-refractivity contribution in [1.29, 1.82) is 0 Å². The molecule has 0 saturated heterocycles. The maximum absolute atomic E-state index is 6.29. The summed E-state index contributed by atoms with van der Waals surface area (Å²) in [7, 11) is 0. The molecule has 6 heteroatoms. The van der Waals surface area contributed by atoms with Gasteiger partial charge in [0.1, 0.15) is 23.8 Å². The lowest BCUT2D eigenvalue weighted by Gasteiger charge is -2.12. The number of hydrogen-bond acceptors (Lipinski definition) is 4. The second kappa shape index (κ2) is 9.11. The van der Waals surface area contributed by atoms with Crippen LogP contribution in [0.5, 0.6) is 0 Å². The molecule has 0 radical (unpaired) electrons. The van der Waals surface area contributed by atoms with Crippen LogP contribution in [0.25, 0.3) is 88.3 Å². The van der Waals surface area contributed by atoms with Crippen LogP contribution in [0.4, 0.5) is 0 Å². The molecule has 0 aliphatic rings. The number of benzene rings is 6. The van der Waals surface area contributed by atoms with Gasteiger partial charge in [0, 0.05) is 32.3 Å². The summed E-state index contributed by atoms with van der Waals surface area (Å²) in [6.07, 6.45) is 3.09. The van der Waals surface area contributed by atoms with Crippen molar-refractivity contribution in [3.63, 3.8) is 0 Å². The van der Waals surface area contributed by atoms with Crippen molar-refractivity contribution in [3.05, 3.63) is 140 Å². The van der Waals surface area contributed by atoms with Crippen LogP contribution in [0.15, 0.2) is 144 Å². The number of furan rings is 1. The highest BCUT2D eigenvalue weighted by Crippen LogP contribution is 2.44. The van der Waals surface area contributed by atoms with Crippen molar-refractivity contribution in [2.75, 3.05) is 0 Å². The summed E-state index contributed by atoms with van der Waals surface area (Å²) in [5.41, 5.74) is 9.61. The molecule has 0 aliphatic carbocycles. The molecule has 6 aromatic carbocycles. The molecule has 4 aromatic heterocycles. The van der Waals surface area contributed by atoms with Gasteiger partial charge in [0.15, 0.2) is 0 Å². The Morgan fingerprint density at radius 1 is 0.422 bits per heavy atom. The van der Waals surface area contributed by atoms with Crippen molar-refractivity contribution in [2.24, 2.45) is 0 Å². The first kappa shape index (κ1) is 24.2. The SMILES string of the molecule is c1ccc2c(c1)oc1cccc(-c3cccc4c3c3ccccc3n4-c3cccc4c3c3ccccc3n4-c3ncncn3)c12. The molecule has 6 nitrogen and oxygen atoms in total. The topological polar surface area (TPSA) is 61.7 Å². The van der Waals surface area contributed by atoms with Crippen LogP contribution >= 0.6 is 0 Å². The summed E-state index contributed by atoms with van der Waals surface area (Å²) in [5.74, 6) is 0.596. The van der Waals surface area contributed by atoms with Crippen LogP contribution in [-0.4, -0.2) is 24.1 Å². The van der Waals surface area contributed by atoms with E-state index in [1.807, 2.05) is 12.1 Å². The van der Waals surface area contributed by atoms with E-state index in [4.69, 9.17) is 4.42 Å². The summed E-state index contributed by atoms with van der Waals surface area (Å²) >= 11 is 0. The van der Waals surface area contributed by atoms with Crippen LogP contribution in [0.2, 0.25) is 0 Å². The number of nitrogens with zero attached hydrogens (tertiary/aromatic N) is 5. The summed E-state index contributed by atoms with van der Waals surface area (Å²) in [4.78, 5) is 13.1. The Balaban J connectivity index is 1.35. The Morgan fingerprint density at radius 2 is 0.978 bits per heavy atom. The molecule has 0 spiro atoms. The zero-order chi connectivity index (χ0) is 29.5. The van der Waals surface area contributed by atoms with Gasteiger partial charge in [0.25, 0.3) is 0 Å². The first-order chi connectivity index (χ1) is 22.4. The lowest BCUT2D eigenvalue weighted by Crippen LogP contribution is -2.01. The molecular formula is C39H23N5O. The van der Waals surface area contributed by atoms with Crippen molar-refractivity contribution >= 4 is 65.6 Å². The molecule has 0 bridgehead atoms. The Bertz CT molecular complexity index is 2770. The maximum Gasteiger partial charge on any atom is 0.237 e. The van der Waals surface area contributed by atoms with Gasteiger partial charge < -0.3 is 8.98 Å². The summed E-state index contributed by atoms with van der Waals surface area (Å²) in [5, 5.41) is 6.96. The van der Waals surface area contributed by atoms with Gasteiger partial charge in [0.2, 0.25) is 5.95 Å². The van der Waals surface area contributed by atoms with Gasteiger partial charge in [-0.25, -0.2) is 15.0 Å². The van der Waals surface area contributed by atoms with Gasteiger partial charge in [-0.3, -0.25) is 4.57 Å². The van der Waals surface area contributed by atoms with Crippen molar-refractivity contribution in [2.45, 2.75) is 0 Å². The number of aromatic nitrogens is 5. The second-order valence-electron chi connectivity index (χ2n) is 11.3. The largest absolute Gasteiger partial charge is 0.456 e. The molecule has 0 saturated carbocycles. The predicted octanol–water partition coefficient (Wildman–Crippen LogP) is 9.63. The molecule has 0 atom stereocenters. The van der Waals surface area contributed by atoms with Gasteiger partial charge in [-0.1, -0.05) is 84.9 Å². The smallest absolute Gasteiger partial charge is 0.237 e. The van der Waals surface area contributed by atoms with Crippen LogP contribution in [0.1, 0.15) is 0 Å². The normalized spacial score (nSPS) is 12.0. The number of hydrogen-bond donors (Lipinski definition) is 0. The van der Waals surface area contributed by atoms with E-state index in [9.17, 15) is 0 Å². The second-order valence-corrected chi connectivity index (χ2v) is 11.3. The Labute approximate surface area is 256 Å². The molecule has 10 aromatic rings. The minimum absolute atomic E-state index is 0.596. The predicted molar refractivity (Wildman–Crippen MR) is 181 cm³/mol. The fourth-order valence-electron chi connectivity index (χ4n) is 7.25. The molecule has 210 valence electrons. The average Bonchev–Trinajstić information content (AvgIpc) is 3.76. The van der Waals surface area contributed by atoms with E-state index in [0.717, 1.165) is 66.0 Å². The molecule has 0 amide bonds. The van der Waals surface area contributed by atoms with Gasteiger partial charge in [-0.2, -0.15) is 0 Å². The first-order valence-electron chi connectivity index (χ1n) is 14.9. The third kappa shape index (κ3) is 3.30. The van der Waals surface area contributed by atoms with Crippen molar-refractivity contribution < 1.29 is 4.42 Å². The third-order valence-corrected chi connectivity index (χ3v) is 8.99. The van der Waals surface area contributed by atoms with Crippen LogP contribution in [0.3, 0.4) is 0 Å². The van der Waals surface area contributed by atoms with Gasteiger partial charge in [-0.05, 0) is 53.6 Å². The highest BCUT2D eigenvalue weighted by molar-refractivity contribution is 6.22. The highest BCUT2D eigenvalue weighted by Gasteiger charge is 2.22. The Kier molecular flexibility index (Phi) is 4.90. The van der Waals surface area contributed by atoms with Crippen LogP contribution in [-0.2, 0) is 0 Å². The number of para-hydroxylation sites is 3. The molecule has 10 rings (SSSR count). The summed E-state index contributed by atoms with van der Waals surface area (Å²) in [6, 6.07) is 45.0. The van der Waals surface area contributed by atoms with E-state index in [-0.39, 0.29) is 0 Å². The van der Waals surface area contributed by atoms with Gasteiger partial charge >= 0.3 is 0 Å². The molecule has 4 heterocycles. The van der Waals surface area contributed by atoms with Crippen molar-refractivity contribution in [1.82, 2.24) is 24.1 Å². The molecule has 0 unspecified atom stereocenters. The average molecular weight is 578 g/mol. The van der Waals surface area contributed by atoms with E-state index in [0.29, 0.717) is 5.95 Å². The summed E-state index contributed by atoms with van der Waals surface area (Å²) in [6.45, 7) is 0. The van der Waals surface area contributed by atoms with E-state index in [1.54, 1.807) is 12.7 Å². The Hall–Kier alpha value is -6.27. The van der Waals surface area contributed by atoms with Gasteiger partial charge in [-0.15, -0.1) is 0 Å². The van der Waals surface area contributed by atoms with Gasteiger partial charge in [0.05, 0.1) is 27.8 Å². The van der Waals surface area contributed by atoms with Crippen LogP contribution in [0, 0.1) is 0 Å². The molecule has 0 aliphatic heterocycles. The zero-order valence-electron chi connectivity index (χ0n) is 23.9. The molecule has 45 heavy (non-hydrogen) atoms. The number of rotatable bonds is 3. The summed E-state index contributed by atoms with van der Waals surface area (Å²) < 4.78 is 10.8. The standard InChI is InChI=1S/C39H23N5O/c1-4-15-29-26(10-1)36-24(25-14-8-21-35-37(25)28-12-3-6-20-34(28)45-35)13-7-17-31(36)43(29)32-18-9-19-33-38(32)27-11-2-5-16-30(27)44(33)39-41-22-40-23-42-39/h1-23H. The minimum atomic E-state index is 0.596. The Morgan fingerprint density at radius 3 is 1.78 bits per heavy atom. The lowest BCUT2D eigenvalue weighted by molar-refractivity contribution is 0.669. The first-order valence-corrected chi connectivity index (χ1v) is 14.9. The molecule has 0 N–H and O–H groups in total. The maximum atomic E-state index is 6.29. The van der Waals surface area contributed by atoms with E-state index >= 15 is 0 Å². The highest BCUT2D eigenvalue weighted by atomic mass is 16.3. The monoisotopic (exact) mass is 577 g/mol. The number of fused-ring (bicyclic) bond motifs is 9. The zero-order valence-corrected chi connectivity index (χ0v) is 23.9. The molecule has 0 fully saturated rings. The lowest BCUT2D eigenvalue weighted by atomic mass is 9.95. The van der Waals surface area contributed by atoms with E-state index < -0.39 is 0 Å². The fourth-order valence-corrected chi connectivity index (χ4v) is 7.25. The third-order valence-electron chi connectivity index (χ3n) is 8.99. The van der Waals surface area contributed by atoms with Crippen molar-refractivity contribution in [3.8, 4) is 22.8 Å². The molecular weight excluding hydrogens is 554 g/mol. The van der Waals surface area contributed by atoms with E-state index in [1.165, 1.54) is 16.3 Å². The van der Waals surface area contributed by atoms with E-state index in [2.05, 4.69) is 139 Å².